The van der Waals surface area contributed by atoms with Crippen LogP contribution in [0.5, 0.6) is 0 Å². The Morgan fingerprint density at radius 2 is 2.23 bits per heavy atom. The van der Waals surface area contributed by atoms with Gasteiger partial charge in [-0.2, -0.15) is 5.10 Å². The molecule has 5 nitrogen and oxygen atoms in total. The SMILES string of the molecule is Cc1ccn(CC(=O)N[C@H]2[C@H]3CCO[C@H]3[C@H]2C2CCCC2)n1. The van der Waals surface area contributed by atoms with Gasteiger partial charge in [-0.15, -0.1) is 0 Å². The number of amides is 1. The zero-order chi connectivity index (χ0) is 15.1. The predicted molar refractivity (Wildman–Crippen MR) is 82.2 cm³/mol. The van der Waals surface area contributed by atoms with Gasteiger partial charge in [0.25, 0.3) is 0 Å². The van der Waals surface area contributed by atoms with E-state index >= 15 is 0 Å². The van der Waals surface area contributed by atoms with Gasteiger partial charge in [0.15, 0.2) is 0 Å². The molecule has 120 valence electrons. The molecule has 0 radical (unpaired) electrons. The number of rotatable bonds is 4. The molecule has 0 unspecified atom stereocenters. The second-order valence-electron chi connectivity index (χ2n) is 7.16. The standard InChI is InChI=1S/C17H25N3O2/c1-11-6-8-20(19-11)10-14(21)18-16-13-7-9-22-17(13)15(16)12-4-2-3-5-12/h6,8,12-13,15-17H,2-5,7,9-10H2,1H3,(H,18,21)/t13-,15+,16+,17-/m1/s1. The second kappa shape index (κ2) is 5.69. The summed E-state index contributed by atoms with van der Waals surface area (Å²) in [5.74, 6) is 1.91. The minimum atomic E-state index is 0.0847. The quantitative estimate of drug-likeness (QED) is 0.924. The molecule has 2 aliphatic carbocycles. The first kappa shape index (κ1) is 14.2. The molecule has 0 spiro atoms. The Morgan fingerprint density at radius 3 is 2.95 bits per heavy atom. The Kier molecular flexibility index (Phi) is 3.68. The number of hydrogen-bond acceptors (Lipinski definition) is 3. The van der Waals surface area contributed by atoms with E-state index in [1.807, 2.05) is 19.2 Å². The molecule has 3 aliphatic rings. The zero-order valence-corrected chi connectivity index (χ0v) is 13.2. The molecule has 2 heterocycles. The molecule has 4 atom stereocenters. The second-order valence-corrected chi connectivity index (χ2v) is 7.16. The summed E-state index contributed by atoms with van der Waals surface area (Å²) in [5, 5.41) is 7.59. The molecule has 5 heteroatoms. The molecule has 0 bridgehead atoms. The highest BCUT2D eigenvalue weighted by molar-refractivity contribution is 5.76. The number of nitrogens with one attached hydrogen (secondary N) is 1. The van der Waals surface area contributed by atoms with Gasteiger partial charge in [0.05, 0.1) is 11.8 Å². The van der Waals surface area contributed by atoms with Gasteiger partial charge in [-0.05, 0) is 25.3 Å². The molecule has 3 fully saturated rings. The van der Waals surface area contributed by atoms with Crippen molar-refractivity contribution in [3.63, 3.8) is 0 Å². The molecule has 1 aliphatic heterocycles. The van der Waals surface area contributed by atoms with Crippen molar-refractivity contribution in [1.29, 1.82) is 0 Å². The smallest absolute Gasteiger partial charge is 0.241 e. The van der Waals surface area contributed by atoms with E-state index in [1.165, 1.54) is 25.7 Å². The van der Waals surface area contributed by atoms with Crippen LogP contribution in [-0.4, -0.2) is 34.4 Å². The van der Waals surface area contributed by atoms with E-state index in [1.54, 1.807) is 4.68 Å². The fraction of sp³-hybridized carbons (Fsp3) is 0.765. The summed E-state index contributed by atoms with van der Waals surface area (Å²) in [6.07, 6.45) is 8.66. The Balaban J connectivity index is 1.40. The molecule has 4 rings (SSSR count). The van der Waals surface area contributed by atoms with Crippen molar-refractivity contribution in [1.82, 2.24) is 15.1 Å². The number of nitrogens with zero attached hydrogens (tertiary/aromatic N) is 2. The summed E-state index contributed by atoms with van der Waals surface area (Å²) in [5.41, 5.74) is 0.949. The maximum absolute atomic E-state index is 12.4. The predicted octanol–water partition coefficient (Wildman–Crippen LogP) is 1.90. The Bertz CT molecular complexity index is 545. The third-order valence-electron chi connectivity index (χ3n) is 5.79. The number of carbonyl (C=O) groups excluding carboxylic acids is 1. The third kappa shape index (κ3) is 2.45. The summed E-state index contributed by atoms with van der Waals surface area (Å²) in [4.78, 5) is 12.4. The number of ether oxygens (including phenoxy) is 1. The van der Waals surface area contributed by atoms with Crippen LogP contribution < -0.4 is 5.32 Å². The van der Waals surface area contributed by atoms with E-state index in [9.17, 15) is 4.79 Å². The molecule has 1 aromatic rings. The molecule has 1 saturated heterocycles. The van der Waals surface area contributed by atoms with Crippen molar-refractivity contribution in [2.75, 3.05) is 6.61 Å². The zero-order valence-electron chi connectivity index (χ0n) is 13.2. The lowest BCUT2D eigenvalue weighted by atomic mass is 9.61. The first-order chi connectivity index (χ1) is 10.7. The largest absolute Gasteiger partial charge is 0.377 e. The molecule has 22 heavy (non-hydrogen) atoms. The van der Waals surface area contributed by atoms with Crippen LogP contribution >= 0.6 is 0 Å². The minimum absolute atomic E-state index is 0.0847. The van der Waals surface area contributed by atoms with Gasteiger partial charge in [-0.25, -0.2) is 0 Å². The van der Waals surface area contributed by atoms with E-state index in [0.717, 1.165) is 24.6 Å². The van der Waals surface area contributed by atoms with Crippen LogP contribution in [0.2, 0.25) is 0 Å². The lowest BCUT2D eigenvalue weighted by molar-refractivity contribution is -0.130. The average Bonchev–Trinajstić information content (AvgIpc) is 3.19. The Labute approximate surface area is 131 Å². The number of aryl methyl sites for hydroxylation is 1. The van der Waals surface area contributed by atoms with Crippen LogP contribution in [0, 0.1) is 24.7 Å². The highest BCUT2D eigenvalue weighted by Gasteiger charge is 2.56. The van der Waals surface area contributed by atoms with Gasteiger partial charge >= 0.3 is 0 Å². The summed E-state index contributed by atoms with van der Waals surface area (Å²) >= 11 is 0. The highest BCUT2D eigenvalue weighted by Crippen LogP contribution is 2.51. The fourth-order valence-corrected chi connectivity index (χ4v) is 4.79. The van der Waals surface area contributed by atoms with Gasteiger partial charge < -0.3 is 10.1 Å². The van der Waals surface area contributed by atoms with Gasteiger partial charge in [0, 0.05) is 30.7 Å². The van der Waals surface area contributed by atoms with Crippen LogP contribution in [0.15, 0.2) is 12.3 Å². The topological polar surface area (TPSA) is 56.2 Å². The summed E-state index contributed by atoms with van der Waals surface area (Å²) in [6, 6.07) is 2.25. The maximum Gasteiger partial charge on any atom is 0.241 e. The minimum Gasteiger partial charge on any atom is -0.377 e. The van der Waals surface area contributed by atoms with Crippen molar-refractivity contribution in [2.45, 2.75) is 57.7 Å². The average molecular weight is 303 g/mol. The van der Waals surface area contributed by atoms with Gasteiger partial charge in [-0.3, -0.25) is 9.48 Å². The van der Waals surface area contributed by atoms with E-state index in [0.29, 0.717) is 30.5 Å². The molecule has 1 aromatic heterocycles. The summed E-state index contributed by atoms with van der Waals surface area (Å²) in [7, 11) is 0. The first-order valence-electron chi connectivity index (χ1n) is 8.63. The van der Waals surface area contributed by atoms with Gasteiger partial charge in [-0.1, -0.05) is 25.7 Å². The summed E-state index contributed by atoms with van der Waals surface area (Å²) < 4.78 is 7.66. The Morgan fingerprint density at radius 1 is 1.41 bits per heavy atom. The lowest BCUT2D eigenvalue weighted by Gasteiger charge is -2.50. The summed E-state index contributed by atoms with van der Waals surface area (Å²) in [6.45, 7) is 3.13. The molecule has 1 amide bonds. The number of fused-ring (bicyclic) bond motifs is 1. The molecule has 0 aromatic carbocycles. The number of carbonyl (C=O) groups is 1. The van der Waals surface area contributed by atoms with Crippen LogP contribution in [0.1, 0.15) is 37.8 Å². The Hall–Kier alpha value is -1.36. The van der Waals surface area contributed by atoms with Crippen LogP contribution in [0.3, 0.4) is 0 Å². The molecular formula is C17H25N3O2. The van der Waals surface area contributed by atoms with Gasteiger partial charge in [0.2, 0.25) is 5.91 Å². The lowest BCUT2D eigenvalue weighted by Crippen LogP contribution is -2.63. The van der Waals surface area contributed by atoms with E-state index in [-0.39, 0.29) is 5.91 Å². The normalized spacial score (nSPS) is 34.4. The van der Waals surface area contributed by atoms with Crippen LogP contribution in [0.25, 0.3) is 0 Å². The molecule has 1 N–H and O–H groups in total. The van der Waals surface area contributed by atoms with Crippen molar-refractivity contribution < 1.29 is 9.53 Å². The van der Waals surface area contributed by atoms with Crippen molar-refractivity contribution >= 4 is 5.91 Å². The third-order valence-corrected chi connectivity index (χ3v) is 5.79. The fourth-order valence-electron chi connectivity index (χ4n) is 4.79. The van der Waals surface area contributed by atoms with E-state index < -0.39 is 0 Å². The van der Waals surface area contributed by atoms with Gasteiger partial charge in [0.1, 0.15) is 6.54 Å². The van der Waals surface area contributed by atoms with Crippen molar-refractivity contribution in [2.24, 2.45) is 17.8 Å². The first-order valence-corrected chi connectivity index (χ1v) is 8.63. The van der Waals surface area contributed by atoms with E-state index in [4.69, 9.17) is 4.74 Å². The maximum atomic E-state index is 12.4. The van der Waals surface area contributed by atoms with Crippen molar-refractivity contribution in [3.8, 4) is 0 Å². The van der Waals surface area contributed by atoms with Crippen LogP contribution in [-0.2, 0) is 16.1 Å². The van der Waals surface area contributed by atoms with Crippen LogP contribution in [0.4, 0.5) is 0 Å². The molecule has 2 saturated carbocycles. The number of aromatic nitrogens is 2. The van der Waals surface area contributed by atoms with Crippen molar-refractivity contribution in [3.05, 3.63) is 18.0 Å². The monoisotopic (exact) mass is 303 g/mol. The number of hydrogen-bond donors (Lipinski definition) is 1. The van der Waals surface area contributed by atoms with E-state index in [2.05, 4.69) is 10.4 Å². The highest BCUT2D eigenvalue weighted by atomic mass is 16.5. The molecular weight excluding hydrogens is 278 g/mol.